The molecular weight excluding hydrogens is 1310 g/mol. The summed E-state index contributed by atoms with van der Waals surface area (Å²) >= 11 is 6.76. The Labute approximate surface area is 582 Å². The molecule has 18 atom stereocenters. The Balaban J connectivity index is 2.19. The molecule has 1 aromatic rings. The summed E-state index contributed by atoms with van der Waals surface area (Å²) in [5, 5.41) is 53.2. The van der Waals surface area contributed by atoms with Gasteiger partial charge in [0.05, 0.1) is 37.8 Å². The molecule has 33 heteroatoms. The zero-order chi connectivity index (χ0) is 75.0. The number of amides is 12. The largest absolute Gasteiger partial charge is 0.508 e. The highest BCUT2D eigenvalue weighted by Gasteiger charge is 2.48. The second kappa shape index (κ2) is 39.9. The van der Waals surface area contributed by atoms with Gasteiger partial charge < -0.3 is 98.6 Å². The van der Waals surface area contributed by atoms with Crippen LogP contribution in [0, 0.1) is 29.6 Å². The smallest absolute Gasteiger partial charge is 0.329 e. The first-order valence-corrected chi connectivity index (χ1v) is 33.1. The third-order valence-electron chi connectivity index (χ3n) is 17.2. The van der Waals surface area contributed by atoms with Crippen LogP contribution in [-0.4, -0.2) is 228 Å². The number of methoxy groups -OCH3 is 2. The van der Waals surface area contributed by atoms with Gasteiger partial charge in [-0.1, -0.05) is 96.9 Å². The van der Waals surface area contributed by atoms with Crippen LogP contribution in [0.1, 0.15) is 114 Å². The number of aliphatic hydroxyl groups excluding tert-OH is 2. The lowest BCUT2D eigenvalue weighted by Crippen LogP contribution is -2.66. The van der Waals surface area contributed by atoms with Crippen molar-refractivity contribution >= 4 is 88.5 Å². The first kappa shape index (κ1) is 84.7. The van der Waals surface area contributed by atoms with Gasteiger partial charge in [-0.05, 0) is 82.9 Å². The average molecular weight is 1420 g/mol. The SMILES string of the molecule is C/C=C(\NC(=O)CNC(=O)C(C)C(O)/C=C\C(C)=C\C(C)CC)C(=O)N[C@H](C(=O)N[C@H](C(=O)N[C@H]1C(=O)N[C@H](COC)C(=O)NCC(=O)N[C@@H](C)C(=O)N(C)[C@@H]([C@@H](C)O)C(=O)N[C@H]([C@H](OC)c2ccc(O)cc2)C(=O)N2CC[C@H](Cl)C[C@H]2C(=O)O[C@@H]1C(C)C)[C@@H](C)[C@@H](C)C(N)=O)[C@H](C)N. The maximum atomic E-state index is 15.4. The number of likely N-dealkylation sites (N-methyl/N-ethyl adjacent to an activating group) is 1. The van der Waals surface area contributed by atoms with Crippen LogP contribution in [0.5, 0.6) is 5.75 Å². The van der Waals surface area contributed by atoms with Crippen molar-refractivity contribution < 1.29 is 91.9 Å². The summed E-state index contributed by atoms with van der Waals surface area (Å²) in [5.74, 6) is -18.1. The van der Waals surface area contributed by atoms with E-state index < -0.39 is 210 Å². The highest BCUT2D eigenvalue weighted by molar-refractivity contribution is 6.21. The molecule has 2 saturated heterocycles. The van der Waals surface area contributed by atoms with Crippen LogP contribution in [0.3, 0.4) is 0 Å². The Morgan fingerprint density at radius 1 is 0.848 bits per heavy atom. The standard InChI is InChI=1S/C66H102ClN13O19/c1-16-32(5)26-33(6)18-23-46(83)36(9)57(87)70-29-48(85)73-43(17-2)59(89)76-50(37(10)68)61(91)75-49(34(7)35(8)56(69)86)60(90)77-51-54(31(3)4)99-66(96)45-27-41(67)24-25-80(45)65(95)52(55(98-15)40-19-21-42(82)22-20-40)78-63(93)53(39(12)81)79(13)64(94)38(11)72-47(84)28-71-58(88)44(30-97-14)74-62(51)92/h17-23,26,31-32,34-39,41,44-46,49-55,81-83H,16,24-25,27-30,68H2,1-15H3,(H2,69,86)(H,70,87)(H,71,88)(H,72,84)(H,73,85)(H,74,92)(H,75,91)(H,76,89)(H,77,90)(H,78,93)/b23-18-,33-26+,43-17-/t32?,34-,35+,36?,37-,38-,39+,41-,44+,45-,46?,49-,50-,51+,52+,53-,54+,55+/m0/s1. The van der Waals surface area contributed by atoms with Crippen molar-refractivity contribution in [2.45, 2.75) is 187 Å². The zero-order valence-corrected chi connectivity index (χ0v) is 59.6. The monoisotopic (exact) mass is 1420 g/mol. The van der Waals surface area contributed by atoms with E-state index in [-0.39, 0.29) is 30.7 Å². The molecule has 0 bridgehead atoms. The van der Waals surface area contributed by atoms with E-state index in [1.807, 2.05) is 26.8 Å². The molecular formula is C66H102ClN13O19. The number of carbonyl (C=O) groups excluding carboxylic acids is 13. The van der Waals surface area contributed by atoms with Gasteiger partial charge in [0.25, 0.3) is 5.91 Å². The third-order valence-corrected chi connectivity index (χ3v) is 17.6. The number of nitrogens with one attached hydrogen (secondary N) is 9. The minimum absolute atomic E-state index is 0.0579. The summed E-state index contributed by atoms with van der Waals surface area (Å²) < 4.78 is 17.3. The van der Waals surface area contributed by atoms with E-state index >= 15 is 19.2 Å². The number of hydrogen-bond acceptors (Lipinski definition) is 20. The van der Waals surface area contributed by atoms with Gasteiger partial charge in [-0.25, -0.2) is 4.79 Å². The van der Waals surface area contributed by atoms with Gasteiger partial charge in [-0.2, -0.15) is 0 Å². The molecule has 0 spiro atoms. The van der Waals surface area contributed by atoms with Gasteiger partial charge in [-0.3, -0.25) is 57.5 Å². The van der Waals surface area contributed by atoms with E-state index in [1.54, 1.807) is 6.08 Å². The number of nitrogens with zero attached hydrogens (tertiary/aromatic N) is 2. The highest BCUT2D eigenvalue weighted by atomic mass is 35.5. The Morgan fingerprint density at radius 3 is 2.04 bits per heavy atom. The first-order chi connectivity index (χ1) is 46.3. The van der Waals surface area contributed by atoms with Crippen molar-refractivity contribution in [2.75, 3.05) is 47.5 Å². The summed E-state index contributed by atoms with van der Waals surface area (Å²) in [4.78, 5) is 186. The van der Waals surface area contributed by atoms with Gasteiger partial charge in [0, 0.05) is 45.1 Å². The molecule has 2 aliphatic heterocycles. The fraction of sp³-hybridized carbons (Fsp3) is 0.621. The van der Waals surface area contributed by atoms with Crippen LogP contribution in [-0.2, 0) is 76.5 Å². The molecule has 3 rings (SSSR count). The summed E-state index contributed by atoms with van der Waals surface area (Å²) in [5.41, 5.74) is 12.7. The lowest BCUT2D eigenvalue weighted by molar-refractivity contribution is -0.168. The number of phenols is 1. The predicted molar refractivity (Wildman–Crippen MR) is 361 cm³/mol. The van der Waals surface area contributed by atoms with Crippen molar-refractivity contribution in [1.29, 1.82) is 0 Å². The maximum absolute atomic E-state index is 15.4. The van der Waals surface area contributed by atoms with Crippen LogP contribution < -0.4 is 59.3 Å². The van der Waals surface area contributed by atoms with E-state index in [0.717, 1.165) is 36.0 Å². The maximum Gasteiger partial charge on any atom is 0.329 e. The number of esters is 1. The number of ether oxygens (including phenoxy) is 3. The summed E-state index contributed by atoms with van der Waals surface area (Å²) in [7, 11) is 3.53. The van der Waals surface area contributed by atoms with Crippen molar-refractivity contribution in [2.24, 2.45) is 41.1 Å². The van der Waals surface area contributed by atoms with Crippen LogP contribution >= 0.6 is 11.6 Å². The molecule has 3 unspecified atom stereocenters. The molecule has 32 nitrogen and oxygen atoms in total. The third kappa shape index (κ3) is 24.7. The van der Waals surface area contributed by atoms with E-state index in [4.69, 9.17) is 37.3 Å². The molecule has 0 saturated carbocycles. The number of aromatic hydroxyl groups is 1. The number of piperidine rings is 1. The number of fused-ring (bicyclic) bond motifs is 1. The molecule has 0 aliphatic carbocycles. The van der Waals surface area contributed by atoms with Crippen LogP contribution in [0.25, 0.3) is 0 Å². The van der Waals surface area contributed by atoms with Gasteiger partial charge in [-0.15, -0.1) is 11.6 Å². The Kier molecular flexibility index (Phi) is 34.1. The fourth-order valence-corrected chi connectivity index (χ4v) is 11.1. The fourth-order valence-electron chi connectivity index (χ4n) is 10.8. The zero-order valence-electron chi connectivity index (χ0n) is 58.8. The number of alkyl halides is 1. The predicted octanol–water partition coefficient (Wildman–Crippen LogP) is -2.05. The van der Waals surface area contributed by atoms with Gasteiger partial charge in [0.1, 0.15) is 72.0 Å². The van der Waals surface area contributed by atoms with Gasteiger partial charge in [0.2, 0.25) is 65.0 Å². The molecule has 12 amide bonds. The molecule has 16 N–H and O–H groups in total. The minimum atomic E-state index is -2.11. The van der Waals surface area contributed by atoms with Gasteiger partial charge in [0.15, 0.2) is 0 Å². The number of cyclic esters (lactones) is 1. The summed E-state index contributed by atoms with van der Waals surface area (Å²) in [6.07, 6.45) is 0.864. The lowest BCUT2D eigenvalue weighted by Gasteiger charge is -2.41. The number of aliphatic hydroxyl groups is 2. The van der Waals surface area contributed by atoms with E-state index in [9.17, 15) is 58.5 Å². The molecule has 99 heavy (non-hydrogen) atoms. The molecule has 0 radical (unpaired) electrons. The van der Waals surface area contributed by atoms with Crippen LogP contribution in [0.15, 0.2) is 59.8 Å². The lowest BCUT2D eigenvalue weighted by atomic mass is 9.87. The Morgan fingerprint density at radius 2 is 1.48 bits per heavy atom. The Bertz CT molecular complexity index is 3130. The molecule has 1 aromatic carbocycles. The average Bonchev–Trinajstić information content (AvgIpc) is 0.758. The normalized spacial score (nSPS) is 24.5. The number of phenolic OH excluding ortho intramolecular Hbond substituents is 1. The number of allylic oxidation sites excluding steroid dienone is 4. The van der Waals surface area contributed by atoms with Crippen LogP contribution in [0.2, 0.25) is 0 Å². The summed E-state index contributed by atoms with van der Waals surface area (Å²) in [6.45, 7) is 15.7. The molecule has 2 fully saturated rings. The number of hydrogen-bond donors (Lipinski definition) is 14. The molecule has 0 aromatic heterocycles. The molecule has 2 aliphatic rings. The first-order valence-electron chi connectivity index (χ1n) is 32.7. The number of nitrogens with two attached hydrogens (primary N) is 2. The minimum Gasteiger partial charge on any atom is -0.508 e. The number of rotatable bonds is 26. The second-order valence-corrected chi connectivity index (χ2v) is 26.1. The van der Waals surface area contributed by atoms with E-state index in [0.29, 0.717) is 5.92 Å². The molecule has 552 valence electrons. The Hall–Kier alpha value is -8.56. The topological polar surface area (TPSA) is 477 Å². The number of primary amides is 1. The highest BCUT2D eigenvalue weighted by Crippen LogP contribution is 2.31. The summed E-state index contributed by atoms with van der Waals surface area (Å²) in [6, 6.07) is -10.1. The number of benzene rings is 1. The molecule has 2 heterocycles. The number of carbonyl (C=O) groups is 13. The van der Waals surface area contributed by atoms with E-state index in [2.05, 4.69) is 47.9 Å². The van der Waals surface area contributed by atoms with Gasteiger partial charge >= 0.3 is 5.97 Å². The number of halogens is 1. The van der Waals surface area contributed by atoms with Crippen LogP contribution in [0.4, 0.5) is 0 Å². The second-order valence-electron chi connectivity index (χ2n) is 25.4. The van der Waals surface area contributed by atoms with Crippen molar-refractivity contribution in [3.8, 4) is 5.75 Å². The van der Waals surface area contributed by atoms with E-state index in [1.165, 1.54) is 106 Å². The van der Waals surface area contributed by atoms with Crippen molar-refractivity contribution in [3.63, 3.8) is 0 Å². The van der Waals surface area contributed by atoms with Crippen molar-refractivity contribution in [3.05, 3.63) is 65.4 Å². The quantitative estimate of drug-likeness (QED) is 0.0205. The van der Waals surface area contributed by atoms with Crippen molar-refractivity contribution in [1.82, 2.24) is 57.7 Å².